The van der Waals surface area contributed by atoms with Gasteiger partial charge in [0.05, 0.1) is 11.4 Å². The fourth-order valence-electron chi connectivity index (χ4n) is 3.73. The predicted octanol–water partition coefficient (Wildman–Crippen LogP) is 4.19. The van der Waals surface area contributed by atoms with E-state index < -0.39 is 24.5 Å². The Morgan fingerprint density at radius 1 is 1.07 bits per heavy atom. The molecular formula is C22H21F3N4O. The van der Waals surface area contributed by atoms with Crippen LogP contribution in [0.4, 0.5) is 19.0 Å². The number of nitrogens with zero attached hydrogens (tertiary/aromatic N) is 3. The summed E-state index contributed by atoms with van der Waals surface area (Å²) < 4.78 is 37.4. The van der Waals surface area contributed by atoms with Gasteiger partial charge < -0.3 is 10.2 Å². The number of piperidine rings is 1. The van der Waals surface area contributed by atoms with Crippen LogP contribution in [0.3, 0.4) is 0 Å². The number of halogens is 3. The average molecular weight is 414 g/mol. The molecule has 1 aliphatic heterocycles. The van der Waals surface area contributed by atoms with E-state index in [2.05, 4.69) is 4.98 Å². The van der Waals surface area contributed by atoms with Gasteiger partial charge in [-0.15, -0.1) is 0 Å². The first kappa shape index (κ1) is 20.1. The van der Waals surface area contributed by atoms with Crippen LogP contribution >= 0.6 is 0 Å². The van der Waals surface area contributed by atoms with E-state index in [4.69, 9.17) is 4.98 Å². The lowest BCUT2D eigenvalue weighted by Gasteiger charge is -2.33. The number of aromatic nitrogens is 2. The zero-order valence-electron chi connectivity index (χ0n) is 16.2. The van der Waals surface area contributed by atoms with Gasteiger partial charge >= 0.3 is 6.18 Å². The highest BCUT2D eigenvalue weighted by Crippen LogP contribution is 2.30. The molecule has 0 saturated carbocycles. The first-order valence-electron chi connectivity index (χ1n) is 9.82. The number of fused-ring (bicyclic) bond motifs is 1. The van der Waals surface area contributed by atoms with Gasteiger partial charge in [0.15, 0.2) is 5.82 Å². The number of carbonyl (C=O) groups excluding carboxylic acids is 1. The highest BCUT2D eigenvalue weighted by atomic mass is 19.4. The van der Waals surface area contributed by atoms with Gasteiger partial charge in [0.1, 0.15) is 12.4 Å². The summed E-state index contributed by atoms with van der Waals surface area (Å²) in [6, 6.07) is 17.2. The van der Waals surface area contributed by atoms with Gasteiger partial charge in [-0.2, -0.15) is 13.2 Å². The standard InChI is InChI=1S/C22H21F3N4O/c23-22(24,25)14-26-21(30)16-9-6-12-29(13-16)20-17-10-4-5-11-18(17)27-19(28-20)15-7-2-1-3-8-15/h1-5,7-8,10-11,16H,6,9,12-14H2,(H,26,30). The lowest BCUT2D eigenvalue weighted by Crippen LogP contribution is -2.45. The van der Waals surface area contributed by atoms with Crippen LogP contribution in [0.1, 0.15) is 12.8 Å². The largest absolute Gasteiger partial charge is 0.405 e. The van der Waals surface area contributed by atoms with Crippen LogP contribution in [0.5, 0.6) is 0 Å². The third-order valence-corrected chi connectivity index (χ3v) is 5.17. The molecule has 0 aliphatic carbocycles. The zero-order chi connectivity index (χ0) is 21.1. The third kappa shape index (κ3) is 4.53. The lowest BCUT2D eigenvalue weighted by atomic mass is 9.96. The topological polar surface area (TPSA) is 58.1 Å². The highest BCUT2D eigenvalue weighted by molar-refractivity contribution is 5.91. The van der Waals surface area contributed by atoms with Crippen LogP contribution in [-0.4, -0.2) is 41.7 Å². The molecule has 3 aromatic rings. The maximum atomic E-state index is 12.5. The summed E-state index contributed by atoms with van der Waals surface area (Å²) in [6.07, 6.45) is -3.17. The number of benzene rings is 2. The van der Waals surface area contributed by atoms with Crippen molar-refractivity contribution in [3.8, 4) is 11.4 Å². The van der Waals surface area contributed by atoms with E-state index in [9.17, 15) is 18.0 Å². The molecule has 1 atom stereocenters. The molecule has 0 radical (unpaired) electrons. The van der Waals surface area contributed by atoms with Crippen molar-refractivity contribution in [2.75, 3.05) is 24.5 Å². The van der Waals surface area contributed by atoms with E-state index in [1.54, 1.807) is 0 Å². The number of para-hydroxylation sites is 1. The summed E-state index contributed by atoms with van der Waals surface area (Å²) in [6.45, 7) is -0.311. The molecular weight excluding hydrogens is 393 g/mol. The van der Waals surface area contributed by atoms with Crippen molar-refractivity contribution >= 4 is 22.6 Å². The Balaban J connectivity index is 1.64. The second-order valence-corrected chi connectivity index (χ2v) is 7.37. The summed E-state index contributed by atoms with van der Waals surface area (Å²) in [7, 11) is 0. The third-order valence-electron chi connectivity index (χ3n) is 5.17. The quantitative estimate of drug-likeness (QED) is 0.696. The Kier molecular flexibility index (Phi) is 5.57. The first-order chi connectivity index (χ1) is 14.4. The van der Waals surface area contributed by atoms with E-state index in [0.29, 0.717) is 37.6 Å². The van der Waals surface area contributed by atoms with E-state index in [0.717, 1.165) is 16.5 Å². The summed E-state index contributed by atoms with van der Waals surface area (Å²) in [4.78, 5) is 23.7. The number of amides is 1. The van der Waals surface area contributed by atoms with Crippen molar-refractivity contribution in [1.82, 2.24) is 15.3 Å². The number of hydrogen-bond acceptors (Lipinski definition) is 4. The van der Waals surface area contributed by atoms with Gasteiger partial charge in [0.2, 0.25) is 5.91 Å². The minimum Gasteiger partial charge on any atom is -0.355 e. The fraction of sp³-hybridized carbons (Fsp3) is 0.318. The van der Waals surface area contributed by atoms with Crippen molar-refractivity contribution in [1.29, 1.82) is 0 Å². The summed E-state index contributed by atoms with van der Waals surface area (Å²) >= 11 is 0. The van der Waals surface area contributed by atoms with Gasteiger partial charge in [0.25, 0.3) is 0 Å². The number of alkyl halides is 3. The fourth-order valence-corrected chi connectivity index (χ4v) is 3.73. The molecule has 0 spiro atoms. The van der Waals surface area contributed by atoms with Crippen molar-refractivity contribution in [2.45, 2.75) is 19.0 Å². The van der Waals surface area contributed by atoms with Crippen LogP contribution in [-0.2, 0) is 4.79 Å². The monoisotopic (exact) mass is 414 g/mol. The van der Waals surface area contributed by atoms with Gasteiger partial charge in [-0.05, 0) is 25.0 Å². The Morgan fingerprint density at radius 2 is 1.80 bits per heavy atom. The van der Waals surface area contributed by atoms with Crippen molar-refractivity contribution < 1.29 is 18.0 Å². The molecule has 1 saturated heterocycles. The Hall–Kier alpha value is -3.16. The maximum Gasteiger partial charge on any atom is 0.405 e. The Morgan fingerprint density at radius 3 is 2.57 bits per heavy atom. The number of nitrogens with one attached hydrogen (secondary N) is 1. The van der Waals surface area contributed by atoms with Gasteiger partial charge in [-0.3, -0.25) is 4.79 Å². The van der Waals surface area contributed by atoms with E-state index in [1.807, 2.05) is 64.8 Å². The van der Waals surface area contributed by atoms with E-state index >= 15 is 0 Å². The number of carbonyl (C=O) groups is 1. The van der Waals surface area contributed by atoms with E-state index in [-0.39, 0.29) is 0 Å². The van der Waals surface area contributed by atoms with Gasteiger partial charge in [-0.1, -0.05) is 42.5 Å². The van der Waals surface area contributed by atoms with E-state index in [1.165, 1.54) is 0 Å². The molecule has 1 unspecified atom stereocenters. The molecule has 30 heavy (non-hydrogen) atoms. The molecule has 1 fully saturated rings. The van der Waals surface area contributed by atoms with Crippen LogP contribution < -0.4 is 10.2 Å². The molecule has 0 bridgehead atoms. The number of rotatable bonds is 4. The highest BCUT2D eigenvalue weighted by Gasteiger charge is 2.32. The van der Waals surface area contributed by atoms with Gasteiger partial charge in [-0.25, -0.2) is 9.97 Å². The summed E-state index contributed by atoms with van der Waals surface area (Å²) in [5.41, 5.74) is 1.66. The number of anilines is 1. The normalized spacial score (nSPS) is 17.2. The SMILES string of the molecule is O=C(NCC(F)(F)F)C1CCCN(c2nc(-c3ccccc3)nc3ccccc23)C1. The number of hydrogen-bond donors (Lipinski definition) is 1. The average Bonchev–Trinajstić information content (AvgIpc) is 2.77. The smallest absolute Gasteiger partial charge is 0.355 e. The second kappa shape index (κ2) is 8.30. The molecule has 156 valence electrons. The summed E-state index contributed by atoms with van der Waals surface area (Å²) in [5, 5.41) is 2.87. The van der Waals surface area contributed by atoms with Crippen molar-refractivity contribution in [3.63, 3.8) is 0 Å². The lowest BCUT2D eigenvalue weighted by molar-refractivity contribution is -0.140. The molecule has 5 nitrogen and oxygen atoms in total. The molecule has 1 amide bonds. The molecule has 1 aromatic heterocycles. The van der Waals surface area contributed by atoms with Crippen LogP contribution in [0.25, 0.3) is 22.3 Å². The van der Waals surface area contributed by atoms with Crippen LogP contribution in [0, 0.1) is 5.92 Å². The van der Waals surface area contributed by atoms with Crippen LogP contribution in [0.15, 0.2) is 54.6 Å². The maximum absolute atomic E-state index is 12.5. The molecule has 1 N–H and O–H groups in total. The molecule has 4 rings (SSSR count). The summed E-state index contributed by atoms with van der Waals surface area (Å²) in [5.74, 6) is 0.189. The van der Waals surface area contributed by atoms with Crippen LogP contribution in [0.2, 0.25) is 0 Å². The Bertz CT molecular complexity index is 1040. The van der Waals surface area contributed by atoms with Crippen molar-refractivity contribution in [2.24, 2.45) is 5.92 Å². The Labute approximate surface area is 171 Å². The van der Waals surface area contributed by atoms with Gasteiger partial charge in [0, 0.05) is 24.0 Å². The zero-order valence-corrected chi connectivity index (χ0v) is 16.2. The first-order valence-corrected chi connectivity index (χ1v) is 9.82. The minimum atomic E-state index is -4.42. The molecule has 2 aromatic carbocycles. The molecule has 2 heterocycles. The molecule has 8 heteroatoms. The minimum absolute atomic E-state index is 0.318. The second-order valence-electron chi connectivity index (χ2n) is 7.37. The molecule has 1 aliphatic rings. The van der Waals surface area contributed by atoms with Crippen molar-refractivity contribution in [3.05, 3.63) is 54.6 Å². The predicted molar refractivity (Wildman–Crippen MR) is 109 cm³/mol.